The molecule has 0 atom stereocenters. The van der Waals surface area contributed by atoms with Crippen LogP contribution in [-0.2, 0) is 16.0 Å². The maximum absolute atomic E-state index is 10.5. The van der Waals surface area contributed by atoms with Crippen LogP contribution in [0.5, 0.6) is 0 Å². The number of carboxylic acid groups (broad SMARTS) is 2. The van der Waals surface area contributed by atoms with Crippen molar-refractivity contribution in [2.75, 3.05) is 5.75 Å². The van der Waals surface area contributed by atoms with Crippen LogP contribution in [0.25, 0.3) is 0 Å². The largest absolute Gasteiger partial charge is 0.481 e. The van der Waals surface area contributed by atoms with Crippen molar-refractivity contribution < 1.29 is 19.8 Å². The van der Waals surface area contributed by atoms with Crippen molar-refractivity contribution in [3.05, 3.63) is 29.8 Å². The molecule has 15 heavy (non-hydrogen) atoms. The van der Waals surface area contributed by atoms with E-state index in [1.165, 1.54) is 0 Å². The SMILES string of the molecule is O=C(O)CSc1ccccc1CC(=O)O. The highest BCUT2D eigenvalue weighted by Gasteiger charge is 2.07. The summed E-state index contributed by atoms with van der Waals surface area (Å²) < 4.78 is 0. The van der Waals surface area contributed by atoms with Crippen LogP contribution in [0.1, 0.15) is 5.56 Å². The Morgan fingerprint density at radius 3 is 2.40 bits per heavy atom. The summed E-state index contributed by atoms with van der Waals surface area (Å²) in [6.07, 6.45) is -0.0806. The first-order chi connectivity index (χ1) is 7.09. The Balaban J connectivity index is 2.76. The van der Waals surface area contributed by atoms with E-state index in [4.69, 9.17) is 10.2 Å². The fourth-order valence-electron chi connectivity index (χ4n) is 1.09. The topological polar surface area (TPSA) is 74.6 Å². The maximum Gasteiger partial charge on any atom is 0.313 e. The Morgan fingerprint density at radius 2 is 1.80 bits per heavy atom. The standard InChI is InChI=1S/C10H10O4S/c11-9(12)5-7-3-1-2-4-8(7)15-6-10(13)14/h1-4H,5-6H2,(H,11,12)(H,13,14). The molecule has 0 saturated carbocycles. The van der Waals surface area contributed by atoms with Crippen LogP contribution in [0, 0.1) is 0 Å². The molecular formula is C10H10O4S. The number of carbonyl (C=O) groups is 2. The van der Waals surface area contributed by atoms with Gasteiger partial charge in [-0.25, -0.2) is 0 Å². The third-order valence-corrected chi connectivity index (χ3v) is 2.77. The van der Waals surface area contributed by atoms with E-state index in [1.807, 2.05) is 0 Å². The lowest BCUT2D eigenvalue weighted by molar-refractivity contribution is -0.136. The summed E-state index contributed by atoms with van der Waals surface area (Å²) in [4.78, 5) is 21.6. The van der Waals surface area contributed by atoms with Gasteiger partial charge in [-0.15, -0.1) is 11.8 Å². The highest BCUT2D eigenvalue weighted by Crippen LogP contribution is 2.22. The fraction of sp³-hybridized carbons (Fsp3) is 0.200. The van der Waals surface area contributed by atoms with Gasteiger partial charge in [0, 0.05) is 4.90 Å². The van der Waals surface area contributed by atoms with Crippen molar-refractivity contribution in [2.45, 2.75) is 11.3 Å². The first-order valence-electron chi connectivity index (χ1n) is 4.24. The molecule has 2 N–H and O–H groups in total. The van der Waals surface area contributed by atoms with Gasteiger partial charge in [0.1, 0.15) is 0 Å². The number of benzene rings is 1. The molecule has 1 rings (SSSR count). The zero-order valence-corrected chi connectivity index (χ0v) is 8.66. The predicted molar refractivity (Wildman–Crippen MR) is 56.1 cm³/mol. The van der Waals surface area contributed by atoms with Gasteiger partial charge in [-0.1, -0.05) is 18.2 Å². The van der Waals surface area contributed by atoms with Gasteiger partial charge < -0.3 is 10.2 Å². The Hall–Kier alpha value is -1.49. The molecule has 0 aromatic heterocycles. The van der Waals surface area contributed by atoms with Gasteiger partial charge in [-0.3, -0.25) is 9.59 Å². The second kappa shape index (κ2) is 5.41. The predicted octanol–water partition coefficient (Wildman–Crippen LogP) is 1.49. The van der Waals surface area contributed by atoms with Gasteiger partial charge in [-0.05, 0) is 11.6 Å². The van der Waals surface area contributed by atoms with Crippen molar-refractivity contribution in [2.24, 2.45) is 0 Å². The molecule has 1 aromatic carbocycles. The lowest BCUT2D eigenvalue weighted by Gasteiger charge is -2.04. The lowest BCUT2D eigenvalue weighted by atomic mass is 10.1. The van der Waals surface area contributed by atoms with Crippen molar-refractivity contribution in [1.29, 1.82) is 0 Å². The molecule has 0 radical (unpaired) electrons. The van der Waals surface area contributed by atoms with Gasteiger partial charge >= 0.3 is 11.9 Å². The average molecular weight is 226 g/mol. The first-order valence-corrected chi connectivity index (χ1v) is 5.22. The van der Waals surface area contributed by atoms with Crippen molar-refractivity contribution >= 4 is 23.7 Å². The molecular weight excluding hydrogens is 216 g/mol. The third-order valence-electron chi connectivity index (χ3n) is 1.67. The van der Waals surface area contributed by atoms with E-state index in [1.54, 1.807) is 24.3 Å². The molecule has 0 aliphatic heterocycles. The maximum atomic E-state index is 10.5. The Kier molecular flexibility index (Phi) is 4.17. The molecule has 0 heterocycles. The van der Waals surface area contributed by atoms with Crippen molar-refractivity contribution in [3.8, 4) is 0 Å². The van der Waals surface area contributed by atoms with Crippen LogP contribution < -0.4 is 0 Å². The summed E-state index contributed by atoms with van der Waals surface area (Å²) in [7, 11) is 0. The molecule has 0 bridgehead atoms. The molecule has 0 aliphatic carbocycles. The number of aliphatic carboxylic acids is 2. The van der Waals surface area contributed by atoms with Gasteiger partial charge in [0.25, 0.3) is 0 Å². The third kappa shape index (κ3) is 4.03. The zero-order valence-electron chi connectivity index (χ0n) is 7.84. The summed E-state index contributed by atoms with van der Waals surface area (Å²) in [6, 6.07) is 6.92. The minimum Gasteiger partial charge on any atom is -0.481 e. The summed E-state index contributed by atoms with van der Waals surface area (Å²) in [5.74, 6) is -1.89. The van der Waals surface area contributed by atoms with E-state index in [-0.39, 0.29) is 12.2 Å². The number of thioether (sulfide) groups is 1. The molecule has 0 aliphatic rings. The highest BCUT2D eigenvalue weighted by molar-refractivity contribution is 8.00. The molecule has 80 valence electrons. The van der Waals surface area contributed by atoms with Crippen LogP contribution in [-0.4, -0.2) is 27.9 Å². The minimum atomic E-state index is -0.918. The highest BCUT2D eigenvalue weighted by atomic mass is 32.2. The van der Waals surface area contributed by atoms with E-state index in [0.29, 0.717) is 10.5 Å². The average Bonchev–Trinajstić information content (AvgIpc) is 2.15. The van der Waals surface area contributed by atoms with Gasteiger partial charge in [0.05, 0.1) is 12.2 Å². The van der Waals surface area contributed by atoms with Crippen molar-refractivity contribution in [1.82, 2.24) is 0 Å². The molecule has 0 saturated heterocycles. The molecule has 0 amide bonds. The molecule has 0 unspecified atom stereocenters. The zero-order chi connectivity index (χ0) is 11.3. The van der Waals surface area contributed by atoms with Gasteiger partial charge in [0.2, 0.25) is 0 Å². The van der Waals surface area contributed by atoms with Gasteiger partial charge in [-0.2, -0.15) is 0 Å². The summed E-state index contributed by atoms with van der Waals surface area (Å²) in [5.41, 5.74) is 0.649. The number of hydrogen-bond acceptors (Lipinski definition) is 3. The van der Waals surface area contributed by atoms with Crippen LogP contribution in [0.3, 0.4) is 0 Å². The lowest BCUT2D eigenvalue weighted by Crippen LogP contribution is -2.03. The van der Waals surface area contributed by atoms with Gasteiger partial charge in [0.15, 0.2) is 0 Å². The molecule has 0 fully saturated rings. The molecule has 1 aromatic rings. The van der Waals surface area contributed by atoms with E-state index >= 15 is 0 Å². The first kappa shape index (κ1) is 11.6. The second-order valence-corrected chi connectivity index (χ2v) is 3.88. The second-order valence-electron chi connectivity index (χ2n) is 2.86. The van der Waals surface area contributed by atoms with Crippen LogP contribution in [0.15, 0.2) is 29.2 Å². The van der Waals surface area contributed by atoms with Crippen LogP contribution in [0.4, 0.5) is 0 Å². The van der Waals surface area contributed by atoms with E-state index in [9.17, 15) is 9.59 Å². The van der Waals surface area contributed by atoms with Crippen LogP contribution >= 0.6 is 11.8 Å². The minimum absolute atomic E-state index is 0.0589. The Labute approximate surface area is 90.9 Å². The van der Waals surface area contributed by atoms with E-state index in [2.05, 4.69) is 0 Å². The van der Waals surface area contributed by atoms with E-state index in [0.717, 1.165) is 11.8 Å². The summed E-state index contributed by atoms with van der Waals surface area (Å²) in [5, 5.41) is 17.2. The normalized spacial score (nSPS) is 9.87. The number of carboxylic acids is 2. The summed E-state index contributed by atoms with van der Waals surface area (Å²) in [6.45, 7) is 0. The monoisotopic (exact) mass is 226 g/mol. The fourth-order valence-corrected chi connectivity index (χ4v) is 1.87. The number of rotatable bonds is 5. The molecule has 5 heteroatoms. The Morgan fingerprint density at radius 1 is 1.13 bits per heavy atom. The van der Waals surface area contributed by atoms with E-state index < -0.39 is 11.9 Å². The van der Waals surface area contributed by atoms with Crippen LogP contribution in [0.2, 0.25) is 0 Å². The Bertz CT molecular complexity index is 375. The smallest absolute Gasteiger partial charge is 0.313 e. The number of hydrogen-bond donors (Lipinski definition) is 2. The molecule has 4 nitrogen and oxygen atoms in total. The summed E-state index contributed by atoms with van der Waals surface area (Å²) >= 11 is 1.13. The van der Waals surface area contributed by atoms with Crippen molar-refractivity contribution in [3.63, 3.8) is 0 Å². The molecule has 0 spiro atoms. The quantitative estimate of drug-likeness (QED) is 0.744.